The van der Waals surface area contributed by atoms with E-state index in [1.165, 1.54) is 13.2 Å². The first-order chi connectivity index (χ1) is 17.0. The quantitative estimate of drug-likeness (QED) is 0.403. The van der Waals surface area contributed by atoms with Gasteiger partial charge in [0.05, 0.1) is 24.4 Å². The number of aryl methyl sites for hydroxylation is 1. The van der Waals surface area contributed by atoms with Gasteiger partial charge >= 0.3 is 0 Å². The number of hydrogen-bond acceptors (Lipinski definition) is 4. The van der Waals surface area contributed by atoms with Gasteiger partial charge in [-0.15, -0.1) is 0 Å². The smallest absolute Gasteiger partial charge is 0.259 e. The Bertz CT molecular complexity index is 1350. The van der Waals surface area contributed by atoms with E-state index < -0.39 is 0 Å². The van der Waals surface area contributed by atoms with Crippen molar-refractivity contribution in [3.8, 4) is 5.75 Å². The van der Waals surface area contributed by atoms with Crippen LogP contribution in [0, 0.1) is 12.7 Å². The van der Waals surface area contributed by atoms with Gasteiger partial charge in [0.1, 0.15) is 5.82 Å². The zero-order valence-electron chi connectivity index (χ0n) is 19.9. The van der Waals surface area contributed by atoms with Gasteiger partial charge in [-0.2, -0.15) is 0 Å². The van der Waals surface area contributed by atoms with E-state index in [9.17, 15) is 9.18 Å². The maximum absolute atomic E-state index is 14.0. The third-order valence-corrected chi connectivity index (χ3v) is 6.63. The Labute approximate surface area is 204 Å². The number of methoxy groups -OCH3 is 1. The van der Waals surface area contributed by atoms with Crippen molar-refractivity contribution in [2.45, 2.75) is 32.5 Å². The number of halogens is 1. The summed E-state index contributed by atoms with van der Waals surface area (Å²) < 4.78 is 20.8. The normalized spacial score (nSPS) is 13.6. The molecule has 5 nitrogen and oxygen atoms in total. The fraction of sp³-hybridized carbons (Fsp3) is 0.241. The standard InChI is InChI=1S/C29H28FN3O2/c1-20-31-26-15-16-32(18-21-13-14-25(30)27(17-21)35-2)19-24(26)29(34)33(20)28(22-9-5-3-6-10-22)23-11-7-4-8-12-23/h3-14,17,28H,15-16,18-19H2,1-2H3. The SMILES string of the molecule is COc1cc(CN2CCc3nc(C)n(C(c4ccccc4)c4ccccc4)c(=O)c3C2)ccc1F. The minimum absolute atomic E-state index is 0.00778. The number of nitrogens with zero attached hydrogens (tertiary/aromatic N) is 3. The average Bonchev–Trinajstić information content (AvgIpc) is 2.89. The summed E-state index contributed by atoms with van der Waals surface area (Å²) in [6, 6.07) is 24.8. The van der Waals surface area contributed by atoms with Crippen molar-refractivity contribution in [2.24, 2.45) is 0 Å². The highest BCUT2D eigenvalue weighted by Crippen LogP contribution is 2.28. The largest absolute Gasteiger partial charge is 0.494 e. The molecule has 2 heterocycles. The monoisotopic (exact) mass is 469 g/mol. The third kappa shape index (κ3) is 4.62. The highest BCUT2D eigenvalue weighted by molar-refractivity contribution is 5.35. The Morgan fingerprint density at radius 3 is 2.29 bits per heavy atom. The molecule has 35 heavy (non-hydrogen) atoms. The molecule has 0 radical (unpaired) electrons. The number of rotatable bonds is 6. The second kappa shape index (κ2) is 9.84. The van der Waals surface area contributed by atoms with Crippen LogP contribution in [0.1, 0.15) is 39.8 Å². The predicted octanol–water partition coefficient (Wildman–Crippen LogP) is 4.90. The predicted molar refractivity (Wildman–Crippen MR) is 134 cm³/mol. The fourth-order valence-electron chi connectivity index (χ4n) is 4.93. The Kier molecular flexibility index (Phi) is 6.47. The molecule has 0 aliphatic carbocycles. The molecule has 0 N–H and O–H groups in total. The molecule has 5 rings (SSSR count). The van der Waals surface area contributed by atoms with Gasteiger partial charge in [0.25, 0.3) is 5.56 Å². The van der Waals surface area contributed by atoms with Crippen LogP contribution in [0.15, 0.2) is 83.7 Å². The Balaban J connectivity index is 1.53. The van der Waals surface area contributed by atoms with Crippen LogP contribution in [-0.4, -0.2) is 28.1 Å². The number of aromatic nitrogens is 2. The Morgan fingerprint density at radius 1 is 1.00 bits per heavy atom. The molecule has 1 aliphatic heterocycles. The minimum Gasteiger partial charge on any atom is -0.494 e. The summed E-state index contributed by atoms with van der Waals surface area (Å²) in [7, 11) is 1.46. The van der Waals surface area contributed by atoms with Crippen molar-refractivity contribution in [3.63, 3.8) is 0 Å². The molecule has 1 aromatic heterocycles. The lowest BCUT2D eigenvalue weighted by molar-refractivity contribution is 0.239. The van der Waals surface area contributed by atoms with Gasteiger partial charge in [0, 0.05) is 26.1 Å². The van der Waals surface area contributed by atoms with Gasteiger partial charge in [-0.1, -0.05) is 66.7 Å². The molecular weight excluding hydrogens is 441 g/mol. The van der Waals surface area contributed by atoms with Crippen LogP contribution in [0.3, 0.4) is 0 Å². The summed E-state index contributed by atoms with van der Waals surface area (Å²) in [6.45, 7) is 3.79. The van der Waals surface area contributed by atoms with Gasteiger partial charge in [0.2, 0.25) is 0 Å². The third-order valence-electron chi connectivity index (χ3n) is 6.63. The van der Waals surface area contributed by atoms with Crippen molar-refractivity contribution < 1.29 is 9.13 Å². The molecule has 0 spiro atoms. The zero-order chi connectivity index (χ0) is 24.4. The molecule has 0 unspecified atom stereocenters. The summed E-state index contributed by atoms with van der Waals surface area (Å²) in [6.07, 6.45) is 0.700. The van der Waals surface area contributed by atoms with E-state index >= 15 is 0 Å². The second-order valence-corrected chi connectivity index (χ2v) is 8.91. The van der Waals surface area contributed by atoms with Gasteiger partial charge in [0.15, 0.2) is 11.6 Å². The second-order valence-electron chi connectivity index (χ2n) is 8.91. The van der Waals surface area contributed by atoms with Crippen LogP contribution in [0.5, 0.6) is 5.75 Å². The fourth-order valence-corrected chi connectivity index (χ4v) is 4.93. The van der Waals surface area contributed by atoms with E-state index in [-0.39, 0.29) is 23.2 Å². The van der Waals surface area contributed by atoms with Crippen LogP contribution >= 0.6 is 0 Å². The molecule has 0 saturated heterocycles. The molecular formula is C29H28FN3O2. The summed E-state index contributed by atoms with van der Waals surface area (Å²) in [5.41, 5.74) is 4.61. The molecule has 4 aromatic rings. The number of hydrogen-bond donors (Lipinski definition) is 0. The van der Waals surface area contributed by atoms with Crippen LogP contribution in [0.4, 0.5) is 4.39 Å². The molecule has 0 saturated carbocycles. The van der Waals surface area contributed by atoms with E-state index in [0.29, 0.717) is 25.3 Å². The van der Waals surface area contributed by atoms with Gasteiger partial charge in [-0.25, -0.2) is 9.37 Å². The number of ether oxygens (including phenoxy) is 1. The Morgan fingerprint density at radius 2 is 1.66 bits per heavy atom. The lowest BCUT2D eigenvalue weighted by Gasteiger charge is -2.30. The minimum atomic E-state index is -0.379. The number of benzene rings is 3. The molecule has 0 atom stereocenters. The van der Waals surface area contributed by atoms with E-state index in [0.717, 1.165) is 34.5 Å². The van der Waals surface area contributed by atoms with Crippen LogP contribution in [0.25, 0.3) is 0 Å². The van der Waals surface area contributed by atoms with Gasteiger partial charge in [-0.05, 0) is 35.7 Å². The molecule has 0 amide bonds. The van der Waals surface area contributed by atoms with Crippen LogP contribution in [-0.2, 0) is 19.5 Å². The summed E-state index contributed by atoms with van der Waals surface area (Å²) in [4.78, 5) is 21.1. The zero-order valence-corrected chi connectivity index (χ0v) is 19.9. The molecule has 0 fully saturated rings. The Hall–Kier alpha value is -3.77. The summed E-state index contributed by atoms with van der Waals surface area (Å²) >= 11 is 0. The lowest BCUT2D eigenvalue weighted by Crippen LogP contribution is -2.40. The first kappa shape index (κ1) is 23.0. The van der Waals surface area contributed by atoms with Gasteiger partial charge < -0.3 is 4.74 Å². The van der Waals surface area contributed by atoms with E-state index in [1.807, 2.05) is 47.9 Å². The van der Waals surface area contributed by atoms with Crippen molar-refractivity contribution >= 4 is 0 Å². The molecule has 6 heteroatoms. The first-order valence-electron chi connectivity index (χ1n) is 11.8. The van der Waals surface area contributed by atoms with Crippen LogP contribution in [0.2, 0.25) is 0 Å². The summed E-state index contributed by atoms with van der Waals surface area (Å²) in [5.74, 6) is 0.562. The van der Waals surface area contributed by atoms with Crippen molar-refractivity contribution in [1.82, 2.24) is 14.5 Å². The lowest BCUT2D eigenvalue weighted by atomic mass is 9.97. The molecule has 3 aromatic carbocycles. The molecule has 178 valence electrons. The maximum atomic E-state index is 14.0. The van der Waals surface area contributed by atoms with E-state index in [4.69, 9.17) is 9.72 Å². The molecule has 1 aliphatic rings. The van der Waals surface area contributed by atoms with E-state index in [1.54, 1.807) is 12.1 Å². The maximum Gasteiger partial charge on any atom is 0.259 e. The molecule has 0 bridgehead atoms. The highest BCUT2D eigenvalue weighted by atomic mass is 19.1. The first-order valence-corrected chi connectivity index (χ1v) is 11.8. The van der Waals surface area contributed by atoms with Crippen LogP contribution < -0.4 is 10.3 Å². The van der Waals surface area contributed by atoms with Gasteiger partial charge in [-0.3, -0.25) is 14.3 Å². The van der Waals surface area contributed by atoms with Crippen molar-refractivity contribution in [2.75, 3.05) is 13.7 Å². The van der Waals surface area contributed by atoms with Crippen molar-refractivity contribution in [3.05, 3.63) is 129 Å². The summed E-state index contributed by atoms with van der Waals surface area (Å²) in [5, 5.41) is 0. The van der Waals surface area contributed by atoms with E-state index in [2.05, 4.69) is 29.2 Å². The number of fused-ring (bicyclic) bond motifs is 1. The topological polar surface area (TPSA) is 47.4 Å². The van der Waals surface area contributed by atoms with Crippen molar-refractivity contribution in [1.29, 1.82) is 0 Å². The average molecular weight is 470 g/mol. The highest BCUT2D eigenvalue weighted by Gasteiger charge is 2.27.